The maximum atomic E-state index is 11.8. The van der Waals surface area contributed by atoms with Crippen molar-refractivity contribution >= 4 is 34.1 Å². The van der Waals surface area contributed by atoms with Crippen LogP contribution in [-0.4, -0.2) is 47.8 Å². The molecule has 1 unspecified atom stereocenters. The fraction of sp³-hybridized carbons (Fsp3) is 0.231. The summed E-state index contributed by atoms with van der Waals surface area (Å²) in [6.45, 7) is 4.55. The summed E-state index contributed by atoms with van der Waals surface area (Å²) in [6.07, 6.45) is 2.35. The van der Waals surface area contributed by atoms with Gasteiger partial charge >= 0.3 is 0 Å². The number of rotatable bonds is 5. The van der Waals surface area contributed by atoms with Crippen LogP contribution in [0.15, 0.2) is 59.8 Å². The molecule has 2 N–H and O–H groups in total. The predicted molar refractivity (Wildman–Crippen MR) is 138 cm³/mol. The first-order valence-electron chi connectivity index (χ1n) is 11.8. The Labute approximate surface area is 207 Å². The van der Waals surface area contributed by atoms with Crippen LogP contribution in [0.4, 0.5) is 5.82 Å². The summed E-state index contributed by atoms with van der Waals surface area (Å²) in [5.74, 6) is 2.11. The highest BCUT2D eigenvalue weighted by atomic mass is 16.2. The lowest BCUT2D eigenvalue weighted by atomic mass is 9.94. The molecule has 3 aromatic heterocycles. The number of imidazole rings is 1. The van der Waals surface area contributed by atoms with E-state index in [-0.39, 0.29) is 11.8 Å². The second-order valence-electron chi connectivity index (χ2n) is 9.01. The average molecular weight is 480 g/mol. The van der Waals surface area contributed by atoms with E-state index in [2.05, 4.69) is 48.8 Å². The number of nitrogens with zero attached hydrogens (tertiary/aromatic N) is 7. The smallest absolute Gasteiger partial charge is 0.240 e. The van der Waals surface area contributed by atoms with Crippen molar-refractivity contribution in [1.29, 1.82) is 0 Å². The zero-order valence-electron chi connectivity index (χ0n) is 20.2. The molecule has 2 aromatic carbocycles. The van der Waals surface area contributed by atoms with Crippen LogP contribution in [0.1, 0.15) is 30.3 Å². The summed E-state index contributed by atoms with van der Waals surface area (Å²) in [6, 6.07) is 16.4. The SMILES string of the molecule is CNc1nc(-c2nc3ccc(C4=NNC(=O)CC4C)cc3n2Cc2ccccc2)cn2c(C)nnc12. The molecule has 0 aliphatic carbocycles. The Hall–Kier alpha value is -4.60. The maximum Gasteiger partial charge on any atom is 0.240 e. The first kappa shape index (κ1) is 21.9. The molecule has 4 heterocycles. The third-order valence-corrected chi connectivity index (χ3v) is 6.51. The zero-order valence-corrected chi connectivity index (χ0v) is 20.2. The number of hydrogen-bond acceptors (Lipinski definition) is 7. The number of carbonyl (C=O) groups is 1. The quantitative estimate of drug-likeness (QED) is 0.399. The summed E-state index contributed by atoms with van der Waals surface area (Å²) in [4.78, 5) is 21.6. The Morgan fingerprint density at radius 3 is 2.72 bits per heavy atom. The zero-order chi connectivity index (χ0) is 24.8. The van der Waals surface area contributed by atoms with Crippen LogP contribution in [0.2, 0.25) is 0 Å². The predicted octanol–water partition coefficient (Wildman–Crippen LogP) is 3.40. The highest BCUT2D eigenvalue weighted by molar-refractivity contribution is 6.07. The molecule has 0 saturated carbocycles. The molecule has 0 radical (unpaired) electrons. The number of aromatic nitrogens is 6. The van der Waals surface area contributed by atoms with E-state index in [1.807, 2.05) is 61.8 Å². The fourth-order valence-corrected chi connectivity index (χ4v) is 4.69. The second-order valence-corrected chi connectivity index (χ2v) is 9.01. The Kier molecular flexibility index (Phi) is 5.21. The molecule has 180 valence electrons. The first-order valence-corrected chi connectivity index (χ1v) is 11.8. The van der Waals surface area contributed by atoms with E-state index >= 15 is 0 Å². The van der Waals surface area contributed by atoms with Gasteiger partial charge in [-0.3, -0.25) is 9.20 Å². The van der Waals surface area contributed by atoms with E-state index in [0.717, 1.165) is 39.5 Å². The maximum absolute atomic E-state index is 11.8. The molecule has 0 spiro atoms. The molecule has 1 aliphatic rings. The second kappa shape index (κ2) is 8.56. The van der Waals surface area contributed by atoms with E-state index in [1.165, 1.54) is 0 Å². The van der Waals surface area contributed by atoms with E-state index < -0.39 is 0 Å². The number of benzene rings is 2. The van der Waals surface area contributed by atoms with Crippen molar-refractivity contribution in [1.82, 2.24) is 34.6 Å². The molecule has 1 amide bonds. The van der Waals surface area contributed by atoms with Gasteiger partial charge in [0.1, 0.15) is 11.5 Å². The fourth-order valence-electron chi connectivity index (χ4n) is 4.69. The van der Waals surface area contributed by atoms with Gasteiger partial charge in [0.25, 0.3) is 0 Å². The lowest BCUT2D eigenvalue weighted by Crippen LogP contribution is -2.31. The normalized spacial score (nSPS) is 15.8. The van der Waals surface area contributed by atoms with Gasteiger partial charge in [0.2, 0.25) is 11.6 Å². The van der Waals surface area contributed by atoms with Crippen molar-refractivity contribution in [3.8, 4) is 11.5 Å². The van der Waals surface area contributed by atoms with Crippen molar-refractivity contribution in [2.24, 2.45) is 11.0 Å². The molecule has 1 aliphatic heterocycles. The van der Waals surface area contributed by atoms with Crippen LogP contribution in [0.5, 0.6) is 0 Å². The molecule has 6 rings (SSSR count). The molecule has 0 saturated heterocycles. The molecule has 10 heteroatoms. The molecule has 1 atom stereocenters. The van der Waals surface area contributed by atoms with Crippen molar-refractivity contribution < 1.29 is 4.79 Å². The van der Waals surface area contributed by atoms with Crippen molar-refractivity contribution in [3.05, 3.63) is 71.7 Å². The highest BCUT2D eigenvalue weighted by Crippen LogP contribution is 2.29. The van der Waals surface area contributed by atoms with Crippen LogP contribution in [0, 0.1) is 12.8 Å². The minimum absolute atomic E-state index is 0.0279. The topological polar surface area (TPSA) is 114 Å². The number of amides is 1. The van der Waals surface area contributed by atoms with Gasteiger partial charge in [-0.15, -0.1) is 10.2 Å². The summed E-state index contributed by atoms with van der Waals surface area (Å²) >= 11 is 0. The van der Waals surface area contributed by atoms with E-state index in [4.69, 9.17) is 9.97 Å². The van der Waals surface area contributed by atoms with Gasteiger partial charge in [-0.1, -0.05) is 43.3 Å². The standard InChI is InChI=1S/C26H25N9O/c1-15-11-22(36)31-32-23(15)18-9-10-19-21(12-18)35(13-17-7-5-4-6-8-17)25(29-19)20-14-34-16(2)30-33-26(34)24(27-3)28-20/h4-10,12,14-15H,11,13H2,1-3H3,(H,27,28)(H,31,36). The Bertz CT molecular complexity index is 1650. The van der Waals surface area contributed by atoms with Crippen molar-refractivity contribution in [2.45, 2.75) is 26.8 Å². The van der Waals surface area contributed by atoms with Crippen LogP contribution in [0.3, 0.4) is 0 Å². The number of anilines is 1. The van der Waals surface area contributed by atoms with Gasteiger partial charge in [-0.25, -0.2) is 15.4 Å². The lowest BCUT2D eigenvalue weighted by molar-refractivity contribution is -0.121. The average Bonchev–Trinajstić information content (AvgIpc) is 3.44. The van der Waals surface area contributed by atoms with Gasteiger partial charge in [0, 0.05) is 37.7 Å². The largest absolute Gasteiger partial charge is 0.370 e. The summed E-state index contributed by atoms with van der Waals surface area (Å²) in [5.41, 5.74) is 8.79. The van der Waals surface area contributed by atoms with Crippen molar-refractivity contribution in [3.63, 3.8) is 0 Å². The number of hydrogen-bond donors (Lipinski definition) is 2. The Morgan fingerprint density at radius 1 is 1.11 bits per heavy atom. The number of carbonyl (C=O) groups excluding carboxylic acids is 1. The van der Waals surface area contributed by atoms with Crippen LogP contribution >= 0.6 is 0 Å². The minimum atomic E-state index is -0.0603. The molecular formula is C26H25N9O. The van der Waals surface area contributed by atoms with Crippen LogP contribution in [-0.2, 0) is 11.3 Å². The number of aryl methyl sites for hydroxylation is 1. The van der Waals surface area contributed by atoms with Crippen LogP contribution in [0.25, 0.3) is 28.2 Å². The van der Waals surface area contributed by atoms with Gasteiger partial charge in [-0.2, -0.15) is 5.10 Å². The minimum Gasteiger partial charge on any atom is -0.370 e. The molecular weight excluding hydrogens is 454 g/mol. The lowest BCUT2D eigenvalue weighted by Gasteiger charge is -2.19. The first-order chi connectivity index (χ1) is 17.5. The van der Waals surface area contributed by atoms with Gasteiger partial charge in [-0.05, 0) is 24.6 Å². The van der Waals surface area contributed by atoms with E-state index in [0.29, 0.717) is 30.1 Å². The monoisotopic (exact) mass is 479 g/mol. The molecule has 5 aromatic rings. The van der Waals surface area contributed by atoms with Crippen molar-refractivity contribution in [2.75, 3.05) is 12.4 Å². The number of hydrazone groups is 1. The molecule has 0 bridgehead atoms. The Balaban J connectivity index is 1.56. The highest BCUT2D eigenvalue weighted by Gasteiger charge is 2.23. The number of nitrogens with one attached hydrogen (secondary N) is 2. The molecule has 10 nitrogen and oxygen atoms in total. The van der Waals surface area contributed by atoms with Crippen LogP contribution < -0.4 is 10.7 Å². The Morgan fingerprint density at radius 2 is 1.94 bits per heavy atom. The summed E-state index contributed by atoms with van der Waals surface area (Å²) in [7, 11) is 1.82. The third-order valence-electron chi connectivity index (χ3n) is 6.51. The van der Waals surface area contributed by atoms with Gasteiger partial charge in [0.15, 0.2) is 11.6 Å². The van der Waals surface area contributed by atoms with E-state index in [1.54, 1.807) is 0 Å². The molecule has 0 fully saturated rings. The summed E-state index contributed by atoms with van der Waals surface area (Å²) < 4.78 is 4.10. The number of fused-ring (bicyclic) bond motifs is 2. The molecule has 36 heavy (non-hydrogen) atoms. The third kappa shape index (κ3) is 3.67. The van der Waals surface area contributed by atoms with Gasteiger partial charge in [0.05, 0.1) is 16.7 Å². The van der Waals surface area contributed by atoms with Gasteiger partial charge < -0.3 is 9.88 Å². The van der Waals surface area contributed by atoms with E-state index in [9.17, 15) is 4.79 Å². The summed E-state index contributed by atoms with van der Waals surface area (Å²) in [5, 5.41) is 16.0.